The Morgan fingerprint density at radius 1 is 1.00 bits per heavy atom. The Bertz CT molecular complexity index is 364. The number of rotatable bonds is 2. The highest BCUT2D eigenvalue weighted by atomic mass is 127. The number of hydrogen-bond donors (Lipinski definition) is 0. The lowest BCUT2D eigenvalue weighted by atomic mass is 9.69. The van der Waals surface area contributed by atoms with Crippen LogP contribution in [0.2, 0.25) is 0 Å². The molecule has 0 N–H and O–H groups in total. The quantitative estimate of drug-likeness (QED) is 0.454. The fourth-order valence-electron chi connectivity index (χ4n) is 3.17. The molecule has 1 aromatic carbocycles. The molecule has 0 nitrogen and oxygen atoms in total. The highest BCUT2D eigenvalue weighted by Crippen LogP contribution is 2.43. The maximum Gasteiger partial charge on any atom is 0.0247 e. The van der Waals surface area contributed by atoms with E-state index >= 15 is 0 Å². The van der Waals surface area contributed by atoms with Crippen molar-refractivity contribution in [1.82, 2.24) is 0 Å². The summed E-state index contributed by atoms with van der Waals surface area (Å²) >= 11 is 2.43. The second-order valence-electron chi connectivity index (χ2n) is 6.79. The molecule has 1 aliphatic rings. The van der Waals surface area contributed by atoms with E-state index in [1.807, 2.05) is 0 Å². The van der Waals surface area contributed by atoms with E-state index < -0.39 is 0 Å². The van der Waals surface area contributed by atoms with Crippen LogP contribution in [-0.2, 0) is 4.43 Å². The molecule has 1 aromatic rings. The van der Waals surface area contributed by atoms with E-state index in [2.05, 4.69) is 67.6 Å². The molecular weight excluding hydrogens is 331 g/mol. The molecule has 0 saturated heterocycles. The van der Waals surface area contributed by atoms with Crippen LogP contribution in [-0.4, -0.2) is 0 Å². The zero-order chi connectivity index (χ0) is 13.2. The molecule has 0 unspecified atom stereocenters. The third-order valence-electron chi connectivity index (χ3n) is 4.56. The lowest BCUT2D eigenvalue weighted by molar-refractivity contribution is 0.169. The molecule has 1 saturated carbocycles. The van der Waals surface area contributed by atoms with Gasteiger partial charge < -0.3 is 0 Å². The van der Waals surface area contributed by atoms with E-state index in [1.165, 1.54) is 31.2 Å². The first kappa shape index (κ1) is 14.4. The largest absolute Gasteiger partial charge is 0.0812 e. The van der Waals surface area contributed by atoms with Crippen LogP contribution in [0.15, 0.2) is 24.3 Å². The molecule has 0 heterocycles. The van der Waals surface area contributed by atoms with Crippen LogP contribution in [0.25, 0.3) is 0 Å². The van der Waals surface area contributed by atoms with Gasteiger partial charge in [-0.05, 0) is 54.1 Å². The van der Waals surface area contributed by atoms with Crippen molar-refractivity contribution in [3.63, 3.8) is 0 Å². The Morgan fingerprint density at radius 2 is 1.56 bits per heavy atom. The van der Waals surface area contributed by atoms with Gasteiger partial charge in [0, 0.05) is 4.43 Å². The number of alkyl halides is 1. The van der Waals surface area contributed by atoms with Crippen molar-refractivity contribution in [2.24, 2.45) is 11.3 Å². The van der Waals surface area contributed by atoms with Crippen molar-refractivity contribution >= 4 is 22.6 Å². The summed E-state index contributed by atoms with van der Waals surface area (Å²) in [5.74, 6) is 1.73. The number of hydrogen-bond acceptors (Lipinski definition) is 0. The van der Waals surface area contributed by atoms with Gasteiger partial charge in [-0.25, -0.2) is 0 Å². The first-order valence-electron chi connectivity index (χ1n) is 7.15. The van der Waals surface area contributed by atoms with E-state index in [0.717, 1.165) is 16.3 Å². The number of halogens is 1. The maximum atomic E-state index is 2.43. The summed E-state index contributed by atoms with van der Waals surface area (Å²) in [5.41, 5.74) is 3.51. The first-order valence-corrected chi connectivity index (χ1v) is 8.68. The van der Waals surface area contributed by atoms with Crippen LogP contribution < -0.4 is 0 Å². The highest BCUT2D eigenvalue weighted by molar-refractivity contribution is 14.1. The smallest absolute Gasteiger partial charge is 0.0247 e. The minimum atomic E-state index is 0.496. The van der Waals surface area contributed by atoms with Crippen LogP contribution in [0.5, 0.6) is 0 Å². The minimum absolute atomic E-state index is 0.496. The summed E-state index contributed by atoms with van der Waals surface area (Å²) in [7, 11) is 0. The second kappa shape index (κ2) is 5.94. The van der Waals surface area contributed by atoms with Crippen LogP contribution in [0.1, 0.15) is 63.5 Å². The Hall–Kier alpha value is -0.0500. The summed E-state index contributed by atoms with van der Waals surface area (Å²) in [6.45, 7) is 7.19. The van der Waals surface area contributed by atoms with Crippen LogP contribution >= 0.6 is 22.6 Å². The monoisotopic (exact) mass is 356 g/mol. The van der Waals surface area contributed by atoms with Gasteiger partial charge in [0.1, 0.15) is 0 Å². The van der Waals surface area contributed by atoms with Crippen LogP contribution in [0, 0.1) is 11.3 Å². The molecule has 0 atom stereocenters. The maximum absolute atomic E-state index is 2.43. The number of benzene rings is 1. The Kier molecular flexibility index (Phi) is 4.74. The van der Waals surface area contributed by atoms with Gasteiger partial charge in [0.15, 0.2) is 0 Å². The van der Waals surface area contributed by atoms with Gasteiger partial charge in [0.2, 0.25) is 0 Å². The van der Waals surface area contributed by atoms with E-state index in [0.29, 0.717) is 5.41 Å². The molecule has 0 radical (unpaired) electrons. The molecule has 1 aliphatic carbocycles. The topological polar surface area (TPSA) is 0 Å². The van der Waals surface area contributed by atoms with Crippen LogP contribution in [0.4, 0.5) is 0 Å². The fourth-order valence-corrected chi connectivity index (χ4v) is 3.68. The van der Waals surface area contributed by atoms with Gasteiger partial charge >= 0.3 is 0 Å². The summed E-state index contributed by atoms with van der Waals surface area (Å²) in [6, 6.07) is 9.32. The molecule has 0 spiro atoms. The van der Waals surface area contributed by atoms with Crippen molar-refractivity contribution in [1.29, 1.82) is 0 Å². The molecule has 0 aliphatic heterocycles. The lowest BCUT2D eigenvalue weighted by Crippen LogP contribution is -2.25. The van der Waals surface area contributed by atoms with Gasteiger partial charge in [-0.1, -0.05) is 67.6 Å². The Labute approximate surface area is 126 Å². The molecule has 0 bridgehead atoms. The summed E-state index contributed by atoms with van der Waals surface area (Å²) in [6.07, 6.45) is 5.57. The minimum Gasteiger partial charge on any atom is -0.0812 e. The second-order valence-corrected chi connectivity index (χ2v) is 7.55. The van der Waals surface area contributed by atoms with Crippen LogP contribution in [0.3, 0.4) is 0 Å². The predicted molar refractivity (Wildman–Crippen MR) is 88.3 cm³/mol. The normalized spacial score (nSPS) is 25.1. The third-order valence-corrected chi connectivity index (χ3v) is 5.44. The Morgan fingerprint density at radius 3 is 2.00 bits per heavy atom. The average Bonchev–Trinajstić information content (AvgIpc) is 2.38. The van der Waals surface area contributed by atoms with Crippen molar-refractivity contribution in [3.8, 4) is 0 Å². The van der Waals surface area contributed by atoms with E-state index in [4.69, 9.17) is 0 Å². The van der Waals surface area contributed by atoms with Gasteiger partial charge in [-0.2, -0.15) is 0 Å². The zero-order valence-corrected chi connectivity index (χ0v) is 14.0. The van der Waals surface area contributed by atoms with Crippen molar-refractivity contribution in [3.05, 3.63) is 35.4 Å². The van der Waals surface area contributed by atoms with Crippen molar-refractivity contribution in [2.45, 2.75) is 56.8 Å². The van der Waals surface area contributed by atoms with Gasteiger partial charge in [0.25, 0.3) is 0 Å². The summed E-state index contributed by atoms with van der Waals surface area (Å²) < 4.78 is 1.12. The van der Waals surface area contributed by atoms with Gasteiger partial charge in [0.05, 0.1) is 0 Å². The van der Waals surface area contributed by atoms with E-state index in [-0.39, 0.29) is 0 Å². The summed E-state index contributed by atoms with van der Waals surface area (Å²) in [5, 5.41) is 0. The molecule has 2 rings (SSSR count). The average molecular weight is 356 g/mol. The molecule has 0 aromatic heterocycles. The predicted octanol–water partition coefficient (Wildman–Crippen LogP) is 5.94. The van der Waals surface area contributed by atoms with Crippen molar-refractivity contribution < 1.29 is 0 Å². The van der Waals surface area contributed by atoms with E-state index in [1.54, 1.807) is 5.56 Å². The molecule has 100 valence electrons. The van der Waals surface area contributed by atoms with E-state index in [9.17, 15) is 0 Å². The zero-order valence-electron chi connectivity index (χ0n) is 11.9. The fraction of sp³-hybridized carbons (Fsp3) is 0.647. The SMILES string of the molecule is CC(C)(C)[C@H]1CC[C@@H](c2ccc(CI)cc2)CC1. The van der Waals surface area contributed by atoms with Crippen molar-refractivity contribution in [2.75, 3.05) is 0 Å². The highest BCUT2D eigenvalue weighted by Gasteiger charge is 2.29. The lowest BCUT2D eigenvalue weighted by Gasteiger charge is -2.37. The Balaban J connectivity index is 1.96. The molecule has 18 heavy (non-hydrogen) atoms. The summed E-state index contributed by atoms with van der Waals surface area (Å²) in [4.78, 5) is 0. The molecule has 1 fully saturated rings. The first-order chi connectivity index (χ1) is 8.50. The standard InChI is InChI=1S/C17H25I/c1-17(2,3)16-10-8-15(9-11-16)14-6-4-13(12-18)5-7-14/h4-7,15-16H,8-12H2,1-3H3/t15-,16+. The molecular formula is C17H25I. The third kappa shape index (κ3) is 3.49. The molecule has 0 amide bonds. The van der Waals surface area contributed by atoms with Gasteiger partial charge in [-0.15, -0.1) is 0 Å². The molecule has 1 heteroatoms. The van der Waals surface area contributed by atoms with Gasteiger partial charge in [-0.3, -0.25) is 0 Å².